The van der Waals surface area contributed by atoms with Gasteiger partial charge in [-0.1, -0.05) is 6.92 Å². The van der Waals surface area contributed by atoms with Gasteiger partial charge in [0.15, 0.2) is 17.4 Å². The average Bonchev–Trinajstić information content (AvgIpc) is 2.95. The Balaban J connectivity index is 1.86. The number of halogens is 2. The van der Waals surface area contributed by atoms with Crippen LogP contribution in [0.5, 0.6) is 5.75 Å². The van der Waals surface area contributed by atoms with E-state index in [0.29, 0.717) is 18.5 Å². The van der Waals surface area contributed by atoms with E-state index in [-0.39, 0.29) is 18.5 Å². The standard InChI is InChI=1S/C16H23F2NO2/c1-2-6-19-11-12-9-14(17)16(15(18)10-12)21-8-5-13-4-3-7-20-13/h9-10,13,19H,2-8,11H2,1H3. The van der Waals surface area contributed by atoms with E-state index in [1.165, 1.54) is 12.1 Å². The van der Waals surface area contributed by atoms with Crippen molar-refractivity contribution in [2.24, 2.45) is 0 Å². The Morgan fingerprint density at radius 1 is 1.33 bits per heavy atom. The van der Waals surface area contributed by atoms with Crippen molar-refractivity contribution in [3.05, 3.63) is 29.3 Å². The van der Waals surface area contributed by atoms with Crippen LogP contribution in [-0.2, 0) is 11.3 Å². The molecule has 1 fully saturated rings. The van der Waals surface area contributed by atoms with Gasteiger partial charge in [-0.3, -0.25) is 0 Å². The predicted molar refractivity (Wildman–Crippen MR) is 77.4 cm³/mol. The van der Waals surface area contributed by atoms with Crippen LogP contribution in [-0.4, -0.2) is 25.9 Å². The van der Waals surface area contributed by atoms with Gasteiger partial charge in [0, 0.05) is 19.6 Å². The summed E-state index contributed by atoms with van der Waals surface area (Å²) in [6.07, 6.45) is 3.85. The zero-order valence-corrected chi connectivity index (χ0v) is 12.5. The first-order valence-electron chi connectivity index (χ1n) is 7.63. The molecule has 1 heterocycles. The van der Waals surface area contributed by atoms with E-state index in [4.69, 9.17) is 9.47 Å². The topological polar surface area (TPSA) is 30.5 Å². The Labute approximate surface area is 124 Å². The van der Waals surface area contributed by atoms with Crippen LogP contribution in [0.4, 0.5) is 8.78 Å². The van der Waals surface area contributed by atoms with Gasteiger partial charge in [0.05, 0.1) is 12.7 Å². The molecule has 0 bridgehead atoms. The zero-order chi connectivity index (χ0) is 15.1. The van der Waals surface area contributed by atoms with Crippen LogP contribution in [0, 0.1) is 11.6 Å². The molecule has 0 amide bonds. The molecule has 1 aromatic rings. The minimum absolute atomic E-state index is 0.161. The molecule has 0 aliphatic carbocycles. The molecule has 0 radical (unpaired) electrons. The summed E-state index contributed by atoms with van der Waals surface area (Å²) in [5.74, 6) is -1.57. The summed E-state index contributed by atoms with van der Waals surface area (Å²) in [5.41, 5.74) is 0.588. The molecule has 1 aliphatic rings. The quantitative estimate of drug-likeness (QED) is 0.746. The molecule has 1 atom stereocenters. The van der Waals surface area contributed by atoms with Crippen molar-refractivity contribution in [3.8, 4) is 5.75 Å². The molecule has 1 aromatic carbocycles. The van der Waals surface area contributed by atoms with Gasteiger partial charge in [-0.05, 0) is 43.5 Å². The first kappa shape index (κ1) is 16.2. The third-order valence-corrected chi connectivity index (χ3v) is 3.52. The van der Waals surface area contributed by atoms with Gasteiger partial charge in [0.1, 0.15) is 0 Å². The normalized spacial score (nSPS) is 18.1. The highest BCUT2D eigenvalue weighted by molar-refractivity contribution is 5.31. The summed E-state index contributed by atoms with van der Waals surface area (Å²) in [4.78, 5) is 0. The Bertz CT molecular complexity index is 425. The molecule has 118 valence electrons. The molecular formula is C16H23F2NO2. The van der Waals surface area contributed by atoms with E-state index in [2.05, 4.69) is 5.32 Å². The van der Waals surface area contributed by atoms with E-state index < -0.39 is 11.6 Å². The van der Waals surface area contributed by atoms with Crippen molar-refractivity contribution in [1.82, 2.24) is 5.32 Å². The molecule has 1 unspecified atom stereocenters. The van der Waals surface area contributed by atoms with E-state index in [1.54, 1.807) is 0 Å². The first-order chi connectivity index (χ1) is 10.2. The van der Waals surface area contributed by atoms with E-state index in [9.17, 15) is 8.78 Å². The molecule has 1 aliphatic heterocycles. The van der Waals surface area contributed by atoms with Crippen molar-refractivity contribution >= 4 is 0 Å². The van der Waals surface area contributed by atoms with Crippen LogP contribution in [0.15, 0.2) is 12.1 Å². The third-order valence-electron chi connectivity index (χ3n) is 3.52. The minimum atomic E-state index is -0.643. The molecular weight excluding hydrogens is 276 g/mol. The van der Waals surface area contributed by atoms with Crippen LogP contribution in [0.25, 0.3) is 0 Å². The molecule has 0 spiro atoms. The summed E-state index contributed by atoms with van der Waals surface area (Å²) in [6, 6.07) is 2.65. The van der Waals surface area contributed by atoms with Gasteiger partial charge in [-0.25, -0.2) is 8.78 Å². The summed E-state index contributed by atoms with van der Waals surface area (Å²) in [6.45, 7) is 4.36. The summed E-state index contributed by atoms with van der Waals surface area (Å²) < 4.78 is 38.5. The SMILES string of the molecule is CCCNCc1cc(F)c(OCCC2CCCO2)c(F)c1. The van der Waals surface area contributed by atoms with E-state index in [0.717, 1.165) is 32.4 Å². The maximum Gasteiger partial charge on any atom is 0.190 e. The van der Waals surface area contributed by atoms with Crippen molar-refractivity contribution in [2.75, 3.05) is 19.8 Å². The second-order valence-electron chi connectivity index (χ2n) is 5.34. The lowest BCUT2D eigenvalue weighted by molar-refractivity contribution is 0.0890. The molecule has 2 rings (SSSR count). The van der Waals surface area contributed by atoms with Gasteiger partial charge in [0.25, 0.3) is 0 Å². The van der Waals surface area contributed by atoms with Crippen molar-refractivity contribution in [2.45, 2.75) is 45.3 Å². The molecule has 5 heteroatoms. The monoisotopic (exact) mass is 299 g/mol. The Morgan fingerprint density at radius 3 is 2.71 bits per heavy atom. The van der Waals surface area contributed by atoms with Gasteiger partial charge in [0.2, 0.25) is 0 Å². The average molecular weight is 299 g/mol. The molecule has 3 nitrogen and oxygen atoms in total. The third kappa shape index (κ3) is 4.93. The number of nitrogens with one attached hydrogen (secondary N) is 1. The largest absolute Gasteiger partial charge is 0.488 e. The van der Waals surface area contributed by atoms with Gasteiger partial charge in [-0.15, -0.1) is 0 Å². The lowest BCUT2D eigenvalue weighted by atomic mass is 10.2. The number of rotatable bonds is 8. The van der Waals surface area contributed by atoms with Crippen molar-refractivity contribution in [3.63, 3.8) is 0 Å². The van der Waals surface area contributed by atoms with Gasteiger partial charge in [-0.2, -0.15) is 0 Å². The zero-order valence-electron chi connectivity index (χ0n) is 12.5. The molecule has 0 aromatic heterocycles. The number of benzene rings is 1. The second-order valence-corrected chi connectivity index (χ2v) is 5.34. The van der Waals surface area contributed by atoms with Crippen molar-refractivity contribution in [1.29, 1.82) is 0 Å². The summed E-state index contributed by atoms with van der Waals surface area (Å²) >= 11 is 0. The molecule has 21 heavy (non-hydrogen) atoms. The smallest absolute Gasteiger partial charge is 0.190 e. The minimum Gasteiger partial charge on any atom is -0.488 e. The Morgan fingerprint density at radius 2 is 2.10 bits per heavy atom. The lowest BCUT2D eigenvalue weighted by Crippen LogP contribution is -2.15. The fourth-order valence-electron chi connectivity index (χ4n) is 2.43. The van der Waals surface area contributed by atoms with E-state index >= 15 is 0 Å². The van der Waals surface area contributed by atoms with Crippen LogP contribution < -0.4 is 10.1 Å². The maximum atomic E-state index is 13.9. The highest BCUT2D eigenvalue weighted by Crippen LogP contribution is 2.24. The number of hydrogen-bond acceptors (Lipinski definition) is 3. The molecule has 0 saturated carbocycles. The molecule has 1 N–H and O–H groups in total. The summed E-state index contributed by atoms with van der Waals surface area (Å²) in [7, 11) is 0. The highest BCUT2D eigenvalue weighted by Gasteiger charge is 2.17. The summed E-state index contributed by atoms with van der Waals surface area (Å²) in [5, 5.41) is 3.11. The van der Waals surface area contributed by atoms with Gasteiger partial charge < -0.3 is 14.8 Å². The lowest BCUT2D eigenvalue weighted by Gasteiger charge is -2.13. The van der Waals surface area contributed by atoms with Gasteiger partial charge >= 0.3 is 0 Å². The number of ether oxygens (including phenoxy) is 2. The van der Waals surface area contributed by atoms with Crippen molar-refractivity contribution < 1.29 is 18.3 Å². The Hall–Kier alpha value is -1.20. The van der Waals surface area contributed by atoms with Crippen LogP contribution in [0.3, 0.4) is 0 Å². The first-order valence-corrected chi connectivity index (χ1v) is 7.63. The molecule has 1 saturated heterocycles. The maximum absolute atomic E-state index is 13.9. The fraction of sp³-hybridized carbons (Fsp3) is 0.625. The fourth-order valence-corrected chi connectivity index (χ4v) is 2.43. The second kappa shape index (κ2) is 8.29. The van der Waals surface area contributed by atoms with Crippen LogP contribution in [0.1, 0.15) is 38.2 Å². The highest BCUT2D eigenvalue weighted by atomic mass is 19.1. The van der Waals surface area contributed by atoms with E-state index in [1.807, 2.05) is 6.92 Å². The number of hydrogen-bond donors (Lipinski definition) is 1. The van der Waals surface area contributed by atoms with Crippen LogP contribution in [0.2, 0.25) is 0 Å². The predicted octanol–water partition coefficient (Wildman–Crippen LogP) is 3.41. The Kier molecular flexibility index (Phi) is 6.39. The van der Waals surface area contributed by atoms with Crippen LogP contribution >= 0.6 is 0 Å².